The van der Waals surface area contributed by atoms with Crippen molar-refractivity contribution in [3.63, 3.8) is 0 Å². The van der Waals surface area contributed by atoms with Gasteiger partial charge in [-0.15, -0.1) is 11.3 Å². The third-order valence-electron chi connectivity index (χ3n) is 1.14. The number of anilines is 1. The van der Waals surface area contributed by atoms with Crippen LogP contribution in [0.4, 0.5) is 9.52 Å². The van der Waals surface area contributed by atoms with Crippen LogP contribution in [0.5, 0.6) is 0 Å². The van der Waals surface area contributed by atoms with Crippen molar-refractivity contribution >= 4 is 16.5 Å². The second-order valence-electron chi connectivity index (χ2n) is 1.97. The molecule has 0 spiro atoms. The third-order valence-corrected chi connectivity index (χ3v) is 1.86. The van der Waals surface area contributed by atoms with E-state index in [2.05, 4.69) is 4.98 Å². The van der Waals surface area contributed by atoms with Gasteiger partial charge in [-0.3, -0.25) is 4.39 Å². The maximum atomic E-state index is 11.6. The highest BCUT2D eigenvalue weighted by Gasteiger charge is 1.96. The van der Waals surface area contributed by atoms with E-state index >= 15 is 0 Å². The second kappa shape index (κ2) is 3.51. The Morgan fingerprint density at radius 2 is 2.50 bits per heavy atom. The first kappa shape index (κ1) is 7.47. The molecule has 2 N–H and O–H groups in total. The van der Waals surface area contributed by atoms with E-state index in [9.17, 15) is 4.39 Å². The molecule has 0 saturated heterocycles. The van der Waals surface area contributed by atoms with E-state index in [0.29, 0.717) is 18.0 Å². The number of aryl methyl sites for hydroxylation is 1. The summed E-state index contributed by atoms with van der Waals surface area (Å²) in [6.07, 6.45) is 1.24. The highest BCUT2D eigenvalue weighted by molar-refractivity contribution is 7.13. The Kier molecular flexibility index (Phi) is 2.62. The topological polar surface area (TPSA) is 38.9 Å². The summed E-state index contributed by atoms with van der Waals surface area (Å²) in [6, 6.07) is 0. The minimum atomic E-state index is -0.280. The maximum absolute atomic E-state index is 11.6. The van der Waals surface area contributed by atoms with Crippen molar-refractivity contribution in [3.8, 4) is 0 Å². The van der Waals surface area contributed by atoms with E-state index in [1.54, 1.807) is 0 Å². The molecule has 0 aliphatic carbocycles. The first-order valence-corrected chi connectivity index (χ1v) is 3.96. The number of nitrogens with two attached hydrogens (primary N) is 1. The van der Waals surface area contributed by atoms with E-state index in [-0.39, 0.29) is 6.67 Å². The molecule has 10 heavy (non-hydrogen) atoms. The van der Waals surface area contributed by atoms with Crippen molar-refractivity contribution in [2.24, 2.45) is 0 Å². The molecular formula is C6H9FN2S. The number of hydrogen-bond acceptors (Lipinski definition) is 3. The summed E-state index contributed by atoms with van der Waals surface area (Å²) < 4.78 is 11.6. The Hall–Kier alpha value is -0.640. The zero-order chi connectivity index (χ0) is 7.40. The van der Waals surface area contributed by atoms with Gasteiger partial charge in [0.25, 0.3) is 0 Å². The van der Waals surface area contributed by atoms with Gasteiger partial charge in [-0.2, -0.15) is 0 Å². The predicted octanol–water partition coefficient (Wildman–Crippen LogP) is 1.63. The predicted molar refractivity (Wildman–Crippen MR) is 40.8 cm³/mol. The van der Waals surface area contributed by atoms with E-state index in [4.69, 9.17) is 5.73 Å². The average molecular weight is 160 g/mol. The molecule has 0 atom stereocenters. The van der Waals surface area contributed by atoms with Crippen LogP contribution >= 0.6 is 11.3 Å². The fraction of sp³-hybridized carbons (Fsp3) is 0.500. The fourth-order valence-corrected chi connectivity index (χ4v) is 1.28. The van der Waals surface area contributed by atoms with Crippen LogP contribution in [-0.4, -0.2) is 11.7 Å². The molecular weight excluding hydrogens is 151 g/mol. The number of nitrogens with zero attached hydrogens (tertiary/aromatic N) is 1. The molecule has 1 heterocycles. The monoisotopic (exact) mass is 160 g/mol. The average Bonchev–Trinajstić information content (AvgIpc) is 2.31. The minimum absolute atomic E-state index is 0.280. The van der Waals surface area contributed by atoms with Gasteiger partial charge in [-0.1, -0.05) is 0 Å². The van der Waals surface area contributed by atoms with Crippen LogP contribution < -0.4 is 5.73 Å². The zero-order valence-electron chi connectivity index (χ0n) is 5.51. The number of rotatable bonds is 3. The fourth-order valence-electron chi connectivity index (χ4n) is 0.685. The summed E-state index contributed by atoms with van der Waals surface area (Å²) in [6.45, 7) is -0.280. The van der Waals surface area contributed by atoms with Crippen molar-refractivity contribution in [2.75, 3.05) is 12.4 Å². The third kappa shape index (κ3) is 1.95. The minimum Gasteiger partial charge on any atom is -0.375 e. The number of hydrogen-bond donors (Lipinski definition) is 1. The van der Waals surface area contributed by atoms with E-state index < -0.39 is 0 Å². The van der Waals surface area contributed by atoms with E-state index in [0.717, 1.165) is 5.69 Å². The lowest BCUT2D eigenvalue weighted by Gasteiger charge is -1.88. The molecule has 56 valence electrons. The molecule has 1 aromatic rings. The molecule has 1 aromatic heterocycles. The number of aromatic nitrogens is 1. The smallest absolute Gasteiger partial charge is 0.180 e. The zero-order valence-corrected chi connectivity index (χ0v) is 6.33. The lowest BCUT2D eigenvalue weighted by molar-refractivity contribution is 0.472. The summed E-state index contributed by atoms with van der Waals surface area (Å²) in [5, 5.41) is 2.43. The quantitative estimate of drug-likeness (QED) is 0.729. The van der Waals surface area contributed by atoms with Crippen molar-refractivity contribution in [2.45, 2.75) is 12.8 Å². The molecule has 0 aliphatic rings. The van der Waals surface area contributed by atoms with Crippen LogP contribution in [0.2, 0.25) is 0 Å². The number of nitrogen functional groups attached to an aromatic ring is 1. The standard InChI is InChI=1S/C6H9FN2S/c7-3-1-2-5-4-10-6(8)9-5/h4H,1-3H2,(H2,8,9). The van der Waals surface area contributed by atoms with Crippen molar-refractivity contribution in [3.05, 3.63) is 11.1 Å². The summed E-state index contributed by atoms with van der Waals surface area (Å²) in [7, 11) is 0. The van der Waals surface area contributed by atoms with Gasteiger partial charge in [0.05, 0.1) is 12.4 Å². The Bertz CT molecular complexity index is 199. The van der Waals surface area contributed by atoms with Gasteiger partial charge >= 0.3 is 0 Å². The van der Waals surface area contributed by atoms with Crippen LogP contribution in [0.15, 0.2) is 5.38 Å². The number of alkyl halides is 1. The first-order chi connectivity index (χ1) is 4.83. The van der Waals surface area contributed by atoms with Crippen LogP contribution in [0.25, 0.3) is 0 Å². The molecule has 0 amide bonds. The molecule has 0 bridgehead atoms. The SMILES string of the molecule is Nc1nc(CCCF)cs1. The highest BCUT2D eigenvalue weighted by Crippen LogP contribution is 2.12. The largest absolute Gasteiger partial charge is 0.375 e. The first-order valence-electron chi connectivity index (χ1n) is 3.09. The lowest BCUT2D eigenvalue weighted by atomic mass is 10.3. The van der Waals surface area contributed by atoms with Crippen LogP contribution in [0, 0.1) is 0 Å². The van der Waals surface area contributed by atoms with Gasteiger partial charge in [0, 0.05) is 5.38 Å². The summed E-state index contributed by atoms with van der Waals surface area (Å²) in [5.41, 5.74) is 6.27. The van der Waals surface area contributed by atoms with E-state index in [1.807, 2.05) is 5.38 Å². The highest BCUT2D eigenvalue weighted by atomic mass is 32.1. The Morgan fingerprint density at radius 3 is 3.00 bits per heavy atom. The molecule has 0 aliphatic heterocycles. The molecule has 0 radical (unpaired) electrons. The van der Waals surface area contributed by atoms with E-state index in [1.165, 1.54) is 11.3 Å². The van der Waals surface area contributed by atoms with Crippen LogP contribution in [0.1, 0.15) is 12.1 Å². The molecule has 2 nitrogen and oxygen atoms in total. The maximum Gasteiger partial charge on any atom is 0.180 e. The van der Waals surface area contributed by atoms with Crippen LogP contribution in [-0.2, 0) is 6.42 Å². The molecule has 0 unspecified atom stereocenters. The van der Waals surface area contributed by atoms with Gasteiger partial charge in [-0.05, 0) is 12.8 Å². The van der Waals surface area contributed by atoms with Gasteiger partial charge < -0.3 is 5.73 Å². The summed E-state index contributed by atoms with van der Waals surface area (Å²) in [4.78, 5) is 3.98. The van der Waals surface area contributed by atoms with Crippen molar-refractivity contribution in [1.29, 1.82) is 0 Å². The summed E-state index contributed by atoms with van der Waals surface area (Å²) in [5.74, 6) is 0. The van der Waals surface area contributed by atoms with Crippen molar-refractivity contribution < 1.29 is 4.39 Å². The number of halogens is 1. The number of thiazole rings is 1. The Balaban J connectivity index is 2.42. The second-order valence-corrected chi connectivity index (χ2v) is 2.86. The van der Waals surface area contributed by atoms with Gasteiger partial charge in [-0.25, -0.2) is 4.98 Å². The Labute approximate surface area is 62.9 Å². The molecule has 1 rings (SSSR count). The lowest BCUT2D eigenvalue weighted by Crippen LogP contribution is -1.88. The summed E-state index contributed by atoms with van der Waals surface area (Å²) >= 11 is 1.40. The van der Waals surface area contributed by atoms with Crippen LogP contribution in [0.3, 0.4) is 0 Å². The van der Waals surface area contributed by atoms with Gasteiger partial charge in [0.2, 0.25) is 0 Å². The molecule has 0 fully saturated rings. The molecule has 4 heteroatoms. The normalized spacial score (nSPS) is 10.1. The van der Waals surface area contributed by atoms with Gasteiger partial charge in [0.15, 0.2) is 5.13 Å². The van der Waals surface area contributed by atoms with Crippen molar-refractivity contribution in [1.82, 2.24) is 4.98 Å². The molecule has 0 aromatic carbocycles. The molecule has 0 saturated carbocycles. The van der Waals surface area contributed by atoms with Gasteiger partial charge in [0.1, 0.15) is 0 Å². The Morgan fingerprint density at radius 1 is 1.70 bits per heavy atom.